The second-order valence-electron chi connectivity index (χ2n) is 10.3. The number of fused-ring (bicyclic) bond motifs is 5. The van der Waals surface area contributed by atoms with Crippen molar-refractivity contribution in [3.05, 3.63) is 77.7 Å². The van der Waals surface area contributed by atoms with Crippen molar-refractivity contribution in [2.45, 2.75) is 39.2 Å². The van der Waals surface area contributed by atoms with E-state index in [1.165, 1.54) is 55.7 Å². The average molecular weight is 446 g/mol. The molecule has 34 heavy (non-hydrogen) atoms. The molecule has 1 spiro atoms. The van der Waals surface area contributed by atoms with E-state index < -0.39 is 0 Å². The third-order valence-corrected chi connectivity index (χ3v) is 8.27. The molecule has 2 aromatic carbocycles. The first-order valence-electron chi connectivity index (χ1n) is 12.3. The quantitative estimate of drug-likeness (QED) is 0.338. The van der Waals surface area contributed by atoms with Crippen LogP contribution in [0.3, 0.4) is 0 Å². The van der Waals surface area contributed by atoms with Gasteiger partial charge < -0.3 is 9.47 Å². The minimum atomic E-state index is 0.588. The van der Waals surface area contributed by atoms with Gasteiger partial charge in [-0.25, -0.2) is 4.98 Å². The van der Waals surface area contributed by atoms with Gasteiger partial charge in [0.2, 0.25) is 0 Å². The Kier molecular flexibility index (Phi) is 4.11. The van der Waals surface area contributed by atoms with Crippen LogP contribution in [0.5, 0.6) is 0 Å². The highest BCUT2D eigenvalue weighted by Crippen LogP contribution is 2.49. The molecule has 0 bridgehead atoms. The molecule has 2 fully saturated rings. The fourth-order valence-electron chi connectivity index (χ4n) is 6.18. The van der Waals surface area contributed by atoms with Crippen LogP contribution < -0.4 is 4.90 Å². The van der Waals surface area contributed by atoms with E-state index in [9.17, 15) is 0 Å². The molecular formula is C29H27N5. The zero-order valence-corrected chi connectivity index (χ0v) is 19.5. The molecule has 0 N–H and O–H groups in total. The molecule has 0 amide bonds. The van der Waals surface area contributed by atoms with Crippen LogP contribution in [0.15, 0.2) is 60.9 Å². The molecule has 1 aliphatic carbocycles. The standard InChI is InChI=1S/C29H27N5/c1-20-16-31-28-27-14-23(22-5-3-21(15-30)4-6-22)17-33(27)18-24-13-25(7-8-26(24)34(20)28)32-12-11-29(19-32)9-2-10-29/h3-8,13-14,16-17H,2,9-12,18-19H2,1H3. The number of rotatable bonds is 2. The lowest BCUT2D eigenvalue weighted by Gasteiger charge is -2.38. The fraction of sp³-hybridized carbons (Fsp3) is 0.310. The summed E-state index contributed by atoms with van der Waals surface area (Å²) in [6.07, 6.45) is 9.74. The molecule has 0 radical (unpaired) electrons. The van der Waals surface area contributed by atoms with E-state index >= 15 is 0 Å². The van der Waals surface area contributed by atoms with Gasteiger partial charge in [-0.15, -0.1) is 0 Å². The van der Waals surface area contributed by atoms with E-state index in [2.05, 4.69) is 57.5 Å². The Hall–Kier alpha value is -3.78. The SMILES string of the molecule is Cc1cnc2n1-c1ccc(N3CCC4(CCC4)C3)cc1Cn1cc(-c3ccc(C#N)cc3)cc1-2. The van der Waals surface area contributed by atoms with E-state index in [4.69, 9.17) is 10.2 Å². The van der Waals surface area contributed by atoms with Crippen LogP contribution >= 0.6 is 0 Å². The molecule has 4 heterocycles. The third kappa shape index (κ3) is 2.88. The van der Waals surface area contributed by atoms with Gasteiger partial charge in [0.1, 0.15) is 0 Å². The topological polar surface area (TPSA) is 49.8 Å². The lowest BCUT2D eigenvalue weighted by Crippen LogP contribution is -2.33. The van der Waals surface area contributed by atoms with Crippen molar-refractivity contribution in [3.8, 4) is 34.4 Å². The maximum atomic E-state index is 9.15. The number of imidazole rings is 1. The van der Waals surface area contributed by atoms with Crippen molar-refractivity contribution >= 4 is 5.69 Å². The monoisotopic (exact) mass is 445 g/mol. The number of benzene rings is 2. The molecule has 1 saturated heterocycles. The number of anilines is 1. The van der Waals surface area contributed by atoms with Crippen molar-refractivity contribution in [2.75, 3.05) is 18.0 Å². The molecule has 2 aromatic heterocycles. The second-order valence-corrected chi connectivity index (χ2v) is 10.3. The molecule has 168 valence electrons. The van der Waals surface area contributed by atoms with Gasteiger partial charge in [-0.05, 0) is 79.1 Å². The highest BCUT2D eigenvalue weighted by atomic mass is 15.2. The summed E-state index contributed by atoms with van der Waals surface area (Å²) in [5.74, 6) is 0.985. The summed E-state index contributed by atoms with van der Waals surface area (Å²) >= 11 is 0. The van der Waals surface area contributed by atoms with Crippen LogP contribution in [0, 0.1) is 23.7 Å². The summed E-state index contributed by atoms with van der Waals surface area (Å²) in [6.45, 7) is 5.33. The maximum absolute atomic E-state index is 9.15. The van der Waals surface area contributed by atoms with Crippen LogP contribution in [0.2, 0.25) is 0 Å². The predicted octanol–water partition coefficient (Wildman–Crippen LogP) is 5.93. The van der Waals surface area contributed by atoms with Crippen LogP contribution in [0.25, 0.3) is 28.3 Å². The van der Waals surface area contributed by atoms with Crippen LogP contribution in [-0.4, -0.2) is 27.2 Å². The van der Waals surface area contributed by atoms with Crippen molar-refractivity contribution in [1.82, 2.24) is 14.1 Å². The Bertz CT molecular complexity index is 1460. The Labute approximate surface area is 199 Å². The van der Waals surface area contributed by atoms with Crippen LogP contribution in [0.1, 0.15) is 42.5 Å². The molecule has 5 heteroatoms. The van der Waals surface area contributed by atoms with Gasteiger partial charge >= 0.3 is 0 Å². The minimum Gasteiger partial charge on any atom is -0.371 e. The van der Waals surface area contributed by atoms with Gasteiger partial charge in [0.25, 0.3) is 0 Å². The first kappa shape index (κ1) is 19.7. The van der Waals surface area contributed by atoms with Gasteiger partial charge in [-0.3, -0.25) is 4.57 Å². The molecule has 1 saturated carbocycles. The lowest BCUT2D eigenvalue weighted by atomic mass is 9.68. The van der Waals surface area contributed by atoms with Gasteiger partial charge in [0.15, 0.2) is 5.82 Å². The summed E-state index contributed by atoms with van der Waals surface area (Å²) in [5.41, 5.74) is 9.72. The van der Waals surface area contributed by atoms with Crippen molar-refractivity contribution in [2.24, 2.45) is 5.41 Å². The lowest BCUT2D eigenvalue weighted by molar-refractivity contribution is 0.165. The van der Waals surface area contributed by atoms with E-state index in [0.717, 1.165) is 34.9 Å². The number of hydrogen-bond acceptors (Lipinski definition) is 3. The largest absolute Gasteiger partial charge is 0.371 e. The molecule has 0 unspecified atom stereocenters. The first-order valence-corrected chi connectivity index (χ1v) is 12.3. The third-order valence-electron chi connectivity index (χ3n) is 8.27. The number of nitrogens with zero attached hydrogens (tertiary/aromatic N) is 5. The molecule has 0 atom stereocenters. The van der Waals surface area contributed by atoms with E-state index in [-0.39, 0.29) is 0 Å². The van der Waals surface area contributed by atoms with Gasteiger partial charge in [0, 0.05) is 49.0 Å². The Morgan fingerprint density at radius 1 is 1.00 bits per heavy atom. The fourth-order valence-corrected chi connectivity index (χ4v) is 6.18. The first-order chi connectivity index (χ1) is 16.6. The number of nitriles is 1. The van der Waals surface area contributed by atoms with Crippen LogP contribution in [-0.2, 0) is 6.54 Å². The van der Waals surface area contributed by atoms with Gasteiger partial charge in [-0.2, -0.15) is 5.26 Å². The zero-order chi connectivity index (χ0) is 22.9. The van der Waals surface area contributed by atoms with E-state index in [1.807, 2.05) is 30.5 Å². The van der Waals surface area contributed by atoms with Crippen molar-refractivity contribution < 1.29 is 0 Å². The average Bonchev–Trinajstić information content (AvgIpc) is 3.54. The normalized spacial score (nSPS) is 17.5. The molecule has 3 aliphatic rings. The van der Waals surface area contributed by atoms with Crippen LogP contribution in [0.4, 0.5) is 5.69 Å². The number of hydrogen-bond donors (Lipinski definition) is 0. The van der Waals surface area contributed by atoms with E-state index in [1.54, 1.807) is 0 Å². The highest BCUT2D eigenvalue weighted by molar-refractivity contribution is 5.73. The van der Waals surface area contributed by atoms with Crippen molar-refractivity contribution in [1.29, 1.82) is 5.26 Å². The second kappa shape index (κ2) is 7.11. The Morgan fingerprint density at radius 2 is 1.85 bits per heavy atom. The molecule has 4 aromatic rings. The van der Waals surface area contributed by atoms with E-state index in [0.29, 0.717) is 11.0 Å². The summed E-state index contributed by atoms with van der Waals surface area (Å²) in [6, 6.07) is 19.3. The smallest absolute Gasteiger partial charge is 0.161 e. The summed E-state index contributed by atoms with van der Waals surface area (Å²) in [5, 5.41) is 9.15. The van der Waals surface area contributed by atoms with Gasteiger partial charge in [0.05, 0.1) is 23.0 Å². The summed E-state index contributed by atoms with van der Waals surface area (Å²) < 4.78 is 4.64. The zero-order valence-electron chi connectivity index (χ0n) is 19.5. The molecule has 5 nitrogen and oxygen atoms in total. The molecule has 7 rings (SSSR count). The summed E-state index contributed by atoms with van der Waals surface area (Å²) in [7, 11) is 0. The maximum Gasteiger partial charge on any atom is 0.161 e. The summed E-state index contributed by atoms with van der Waals surface area (Å²) in [4.78, 5) is 7.42. The molecule has 2 aliphatic heterocycles. The number of aromatic nitrogens is 3. The highest BCUT2D eigenvalue weighted by Gasteiger charge is 2.42. The number of aryl methyl sites for hydroxylation is 1. The van der Waals surface area contributed by atoms with Gasteiger partial charge in [-0.1, -0.05) is 18.6 Å². The Morgan fingerprint density at radius 3 is 2.59 bits per heavy atom. The Balaban J connectivity index is 1.31. The molecular weight excluding hydrogens is 418 g/mol. The van der Waals surface area contributed by atoms with Crippen molar-refractivity contribution in [3.63, 3.8) is 0 Å². The predicted molar refractivity (Wildman–Crippen MR) is 134 cm³/mol. The minimum absolute atomic E-state index is 0.588.